The maximum atomic E-state index is 13.2. The number of carboxylic acids is 1. The quantitative estimate of drug-likeness (QED) is 0.354. The number of amides is 1. The van der Waals surface area contributed by atoms with Crippen molar-refractivity contribution in [2.45, 2.75) is 31.8 Å². The number of anilines is 2. The zero-order valence-electron chi connectivity index (χ0n) is 22.1. The van der Waals surface area contributed by atoms with Crippen molar-refractivity contribution in [1.82, 2.24) is 10.6 Å². The number of piperazine rings is 1. The summed E-state index contributed by atoms with van der Waals surface area (Å²) in [6.45, 7) is 9.47. The fraction of sp³-hybridized carbons (Fsp3) is 0.440. The number of nitrogens with zero attached hydrogens (tertiary/aromatic N) is 1. The van der Waals surface area contributed by atoms with Gasteiger partial charge in [0.1, 0.15) is 0 Å². The van der Waals surface area contributed by atoms with Crippen molar-refractivity contribution in [3.63, 3.8) is 0 Å². The van der Waals surface area contributed by atoms with E-state index in [1.54, 1.807) is 33.1 Å². The van der Waals surface area contributed by atoms with Crippen molar-refractivity contribution in [3.05, 3.63) is 52.6 Å². The van der Waals surface area contributed by atoms with Crippen LogP contribution in [0.3, 0.4) is 0 Å². The first-order valence-electron chi connectivity index (χ1n) is 11.9. The van der Waals surface area contributed by atoms with Crippen molar-refractivity contribution in [3.8, 4) is 0 Å². The zero-order valence-corrected chi connectivity index (χ0v) is 22.9. The van der Waals surface area contributed by atoms with Crippen LogP contribution in [0.5, 0.6) is 0 Å². The summed E-state index contributed by atoms with van der Waals surface area (Å²) in [6, 6.07) is 8.83. The second-order valence-electron chi connectivity index (χ2n) is 8.85. The lowest BCUT2D eigenvalue weighted by atomic mass is 10.1. The molecule has 1 heterocycles. The number of carboxylic acid groups (broad SMARTS) is 1. The molecular formula is C25H33F3N4O6S. The monoisotopic (exact) mass is 574 g/mol. The predicted molar refractivity (Wildman–Crippen MR) is 141 cm³/mol. The van der Waals surface area contributed by atoms with Crippen LogP contribution in [0, 0.1) is 20.8 Å². The normalized spacial score (nSPS) is 13.8. The minimum absolute atomic E-state index is 0.264. The van der Waals surface area contributed by atoms with Gasteiger partial charge in [0.25, 0.3) is 15.9 Å². The topological polar surface area (TPSA) is 137 Å². The molecule has 2 aromatic carbocycles. The molecule has 0 spiro atoms. The first-order valence-corrected chi connectivity index (χ1v) is 13.4. The van der Waals surface area contributed by atoms with Gasteiger partial charge >= 0.3 is 12.1 Å². The second-order valence-corrected chi connectivity index (χ2v) is 10.5. The van der Waals surface area contributed by atoms with E-state index in [0.717, 1.165) is 37.4 Å². The van der Waals surface area contributed by atoms with Gasteiger partial charge in [-0.1, -0.05) is 17.7 Å². The number of alkyl halides is 3. The molecule has 1 aliphatic rings. The van der Waals surface area contributed by atoms with Gasteiger partial charge in [-0.3, -0.25) is 9.52 Å². The SMILES string of the molecule is COCCNC(=O)c1cc(NS(=O)(=O)c2c(C)cc(C)cc2C)ccc1N1CCNCC1.O=C(O)C(F)(F)F. The van der Waals surface area contributed by atoms with Gasteiger partial charge < -0.3 is 25.4 Å². The molecule has 216 valence electrons. The molecule has 0 atom stereocenters. The number of ether oxygens (including phenoxy) is 1. The first kappa shape index (κ1) is 31.9. The van der Waals surface area contributed by atoms with Crippen LogP contribution in [0.15, 0.2) is 35.2 Å². The molecule has 0 radical (unpaired) electrons. The Morgan fingerprint density at radius 2 is 1.64 bits per heavy atom. The molecule has 0 bridgehead atoms. The van der Waals surface area contributed by atoms with Gasteiger partial charge in [0.05, 0.1) is 17.1 Å². The Kier molecular flexibility index (Phi) is 11.1. The van der Waals surface area contributed by atoms with Gasteiger partial charge in [0.15, 0.2) is 0 Å². The second kappa shape index (κ2) is 13.6. The Morgan fingerprint density at radius 3 is 2.15 bits per heavy atom. The van der Waals surface area contributed by atoms with Crippen LogP contribution in [-0.4, -0.2) is 78.0 Å². The minimum atomic E-state index is -5.08. The number of carbonyl (C=O) groups excluding carboxylic acids is 1. The highest BCUT2D eigenvalue weighted by atomic mass is 32.2. The molecule has 1 aliphatic heterocycles. The van der Waals surface area contributed by atoms with E-state index in [2.05, 4.69) is 20.3 Å². The molecule has 0 saturated carbocycles. The smallest absolute Gasteiger partial charge is 0.475 e. The highest BCUT2D eigenvalue weighted by molar-refractivity contribution is 7.92. The van der Waals surface area contributed by atoms with Gasteiger partial charge in [-0.05, 0) is 50.1 Å². The summed E-state index contributed by atoms with van der Waals surface area (Å²) in [5.74, 6) is -3.02. The number of hydrogen-bond donors (Lipinski definition) is 4. The molecular weight excluding hydrogens is 541 g/mol. The highest BCUT2D eigenvalue weighted by Gasteiger charge is 2.38. The van der Waals surface area contributed by atoms with Crippen molar-refractivity contribution >= 4 is 33.3 Å². The Labute approximate surface area is 225 Å². The van der Waals surface area contributed by atoms with Gasteiger partial charge in [0, 0.05) is 51.2 Å². The number of carbonyl (C=O) groups is 2. The number of aliphatic carboxylic acids is 1. The van der Waals surface area contributed by atoms with Crippen LogP contribution in [-0.2, 0) is 19.6 Å². The summed E-state index contributed by atoms with van der Waals surface area (Å²) in [5.41, 5.74) is 3.94. The number of methoxy groups -OCH3 is 1. The maximum Gasteiger partial charge on any atom is 0.490 e. The van der Waals surface area contributed by atoms with E-state index in [1.807, 2.05) is 25.1 Å². The molecule has 4 N–H and O–H groups in total. The Bertz CT molecular complexity index is 1260. The molecule has 10 nitrogen and oxygen atoms in total. The van der Waals surface area contributed by atoms with Crippen LogP contribution in [0.4, 0.5) is 24.5 Å². The number of benzene rings is 2. The van der Waals surface area contributed by atoms with E-state index in [-0.39, 0.29) is 10.8 Å². The molecule has 1 saturated heterocycles. The average molecular weight is 575 g/mol. The number of halogens is 3. The van der Waals surface area contributed by atoms with Crippen molar-refractivity contribution in [2.75, 3.05) is 56.1 Å². The zero-order chi connectivity index (χ0) is 29.4. The molecule has 2 aromatic rings. The first-order chi connectivity index (χ1) is 18.2. The molecule has 14 heteroatoms. The third-order valence-corrected chi connectivity index (χ3v) is 7.34. The fourth-order valence-electron chi connectivity index (χ4n) is 4.12. The van der Waals surface area contributed by atoms with E-state index < -0.39 is 22.2 Å². The van der Waals surface area contributed by atoms with E-state index in [4.69, 9.17) is 14.6 Å². The minimum Gasteiger partial charge on any atom is -0.475 e. The summed E-state index contributed by atoms with van der Waals surface area (Å²) in [4.78, 5) is 24.2. The largest absolute Gasteiger partial charge is 0.490 e. The number of sulfonamides is 1. The average Bonchev–Trinajstić information content (AvgIpc) is 2.83. The summed E-state index contributed by atoms with van der Waals surface area (Å²) in [7, 11) is -2.25. The third kappa shape index (κ3) is 9.11. The van der Waals surface area contributed by atoms with Crippen molar-refractivity contribution in [1.29, 1.82) is 0 Å². The van der Waals surface area contributed by atoms with E-state index in [1.165, 1.54) is 0 Å². The fourth-order valence-corrected chi connectivity index (χ4v) is 5.63. The number of hydrogen-bond acceptors (Lipinski definition) is 7. The van der Waals surface area contributed by atoms with E-state index >= 15 is 0 Å². The molecule has 0 aromatic heterocycles. The summed E-state index contributed by atoms with van der Waals surface area (Å²) in [6.07, 6.45) is -5.08. The Balaban J connectivity index is 0.000000673. The molecule has 0 unspecified atom stereocenters. The lowest BCUT2D eigenvalue weighted by molar-refractivity contribution is -0.192. The van der Waals surface area contributed by atoms with Crippen LogP contribution in [0.1, 0.15) is 27.0 Å². The summed E-state index contributed by atoms with van der Waals surface area (Å²) >= 11 is 0. The lowest BCUT2D eigenvalue weighted by Crippen LogP contribution is -2.44. The van der Waals surface area contributed by atoms with Crippen molar-refractivity contribution < 1.29 is 41.0 Å². The number of aryl methyl sites for hydroxylation is 3. The Hall–Kier alpha value is -3.36. The van der Waals surface area contributed by atoms with Crippen molar-refractivity contribution in [2.24, 2.45) is 0 Å². The van der Waals surface area contributed by atoms with Crippen LogP contribution in [0.25, 0.3) is 0 Å². The number of nitrogens with one attached hydrogen (secondary N) is 3. The summed E-state index contributed by atoms with van der Waals surface area (Å²) < 4.78 is 65.8. The third-order valence-electron chi connectivity index (χ3n) is 5.66. The molecule has 3 rings (SSSR count). The van der Waals surface area contributed by atoms with E-state index in [9.17, 15) is 26.4 Å². The molecule has 1 fully saturated rings. The highest BCUT2D eigenvalue weighted by Crippen LogP contribution is 2.28. The standard InChI is InChI=1S/C23H32N4O4S.C2HF3O2/c1-16-13-17(2)22(18(3)14-16)32(29,30)26-19-5-6-21(27-10-7-24-8-11-27)20(15-19)23(28)25-9-12-31-4;3-2(4,5)1(6)7/h5-6,13-15,24,26H,7-12H2,1-4H3,(H,25,28);(H,6,7). The van der Waals surface area contributed by atoms with Gasteiger partial charge in [-0.15, -0.1) is 0 Å². The van der Waals surface area contributed by atoms with Gasteiger partial charge in [0.2, 0.25) is 0 Å². The van der Waals surface area contributed by atoms with Crippen LogP contribution >= 0.6 is 0 Å². The predicted octanol–water partition coefficient (Wildman–Crippen LogP) is 2.83. The molecule has 1 amide bonds. The van der Waals surface area contributed by atoms with E-state index in [0.29, 0.717) is 35.5 Å². The van der Waals surface area contributed by atoms with Crippen LogP contribution < -0.4 is 20.3 Å². The molecule has 0 aliphatic carbocycles. The Morgan fingerprint density at radius 1 is 1.08 bits per heavy atom. The lowest BCUT2D eigenvalue weighted by Gasteiger charge is -2.31. The number of rotatable bonds is 8. The van der Waals surface area contributed by atoms with Gasteiger partial charge in [-0.2, -0.15) is 13.2 Å². The molecule has 39 heavy (non-hydrogen) atoms. The van der Waals surface area contributed by atoms with Crippen LogP contribution in [0.2, 0.25) is 0 Å². The van der Waals surface area contributed by atoms with Gasteiger partial charge in [-0.25, -0.2) is 13.2 Å². The summed E-state index contributed by atoms with van der Waals surface area (Å²) in [5, 5.41) is 13.3. The maximum absolute atomic E-state index is 13.2.